The maximum atomic E-state index is 13.8. The quantitative estimate of drug-likeness (QED) is 0.334. The van der Waals surface area contributed by atoms with Crippen molar-refractivity contribution in [3.05, 3.63) is 94.3 Å². The molecule has 10 heteroatoms. The molecule has 2 N–H and O–H groups in total. The van der Waals surface area contributed by atoms with Gasteiger partial charge in [0, 0.05) is 11.9 Å². The van der Waals surface area contributed by atoms with Crippen LogP contribution in [0.2, 0.25) is 0 Å². The summed E-state index contributed by atoms with van der Waals surface area (Å²) in [5.74, 6) is 0.0464. The van der Waals surface area contributed by atoms with Gasteiger partial charge in [-0.25, -0.2) is 4.79 Å². The van der Waals surface area contributed by atoms with Crippen LogP contribution in [0, 0.1) is 0 Å². The number of nitrogens with zero attached hydrogens (tertiary/aromatic N) is 1. The van der Waals surface area contributed by atoms with Gasteiger partial charge in [-0.05, 0) is 53.3 Å². The number of anilines is 1. The Hall–Kier alpha value is -3.56. The zero-order valence-corrected chi connectivity index (χ0v) is 19.8. The molecule has 0 saturated heterocycles. The zero-order valence-electron chi connectivity index (χ0n) is 19.8. The number of carbonyl (C=O) groups is 1. The third-order valence-corrected chi connectivity index (χ3v) is 5.69. The third kappa shape index (κ3) is 6.16. The molecule has 0 spiro atoms. The molecule has 4 nitrogen and oxygen atoms in total. The van der Waals surface area contributed by atoms with E-state index in [4.69, 9.17) is 0 Å². The molecule has 2 aromatic carbocycles. The Balaban J connectivity index is 2.05. The van der Waals surface area contributed by atoms with Crippen molar-refractivity contribution in [2.24, 2.45) is 0 Å². The third-order valence-electron chi connectivity index (χ3n) is 5.69. The van der Waals surface area contributed by atoms with Gasteiger partial charge in [0.1, 0.15) is 0 Å². The van der Waals surface area contributed by atoms with E-state index in [1.807, 2.05) is 39.0 Å². The van der Waals surface area contributed by atoms with E-state index in [1.54, 1.807) is 0 Å². The molecule has 0 aliphatic heterocycles. The number of hydrogen-bond acceptors (Lipinski definition) is 2. The number of rotatable bonds is 6. The van der Waals surface area contributed by atoms with Crippen LogP contribution in [0.4, 0.5) is 36.8 Å². The summed E-state index contributed by atoms with van der Waals surface area (Å²) in [6.07, 6.45) is -7.70. The molecular formula is C26H25F6N3O. The molecule has 0 bridgehead atoms. The van der Waals surface area contributed by atoms with Crippen molar-refractivity contribution in [2.45, 2.75) is 51.5 Å². The Morgan fingerprint density at radius 1 is 0.917 bits per heavy atom. The van der Waals surface area contributed by atoms with Crippen LogP contribution in [0.5, 0.6) is 0 Å². The number of pyridine rings is 1. The van der Waals surface area contributed by atoms with Crippen molar-refractivity contribution in [1.82, 2.24) is 10.3 Å². The second-order valence-electron chi connectivity index (χ2n) is 8.47. The molecule has 1 heterocycles. The second kappa shape index (κ2) is 10.6. The number of alkyl halides is 6. The predicted octanol–water partition coefficient (Wildman–Crippen LogP) is 7.72. The number of halogens is 6. The molecule has 0 fully saturated rings. The Bertz CT molecular complexity index is 1200. The summed E-state index contributed by atoms with van der Waals surface area (Å²) in [6, 6.07) is 8.70. The van der Waals surface area contributed by atoms with Gasteiger partial charge >= 0.3 is 18.4 Å². The van der Waals surface area contributed by atoms with Crippen LogP contribution < -0.4 is 10.6 Å². The van der Waals surface area contributed by atoms with Crippen LogP contribution in [0.15, 0.2) is 60.8 Å². The molecule has 192 valence electrons. The topological polar surface area (TPSA) is 54.0 Å². The Labute approximate surface area is 204 Å². The lowest BCUT2D eigenvalue weighted by Gasteiger charge is -2.24. The van der Waals surface area contributed by atoms with Crippen molar-refractivity contribution in [3.8, 4) is 0 Å². The van der Waals surface area contributed by atoms with Crippen LogP contribution in [0.3, 0.4) is 0 Å². The van der Waals surface area contributed by atoms with Gasteiger partial charge in [-0.15, -0.1) is 0 Å². The maximum Gasteiger partial charge on any atom is 0.418 e. The molecule has 0 saturated carbocycles. The smallest absolute Gasteiger partial charge is 0.325 e. The molecule has 0 aliphatic carbocycles. The van der Waals surface area contributed by atoms with Crippen LogP contribution >= 0.6 is 0 Å². The SMILES string of the molecule is CCc1cccc(C(C)C)c1NC(=O)N[C@@H](c1ccc(C(F)(F)F)cc1)c1ncccc1C(F)(F)F. The molecule has 0 radical (unpaired) electrons. The monoisotopic (exact) mass is 509 g/mol. The lowest BCUT2D eigenvalue weighted by atomic mass is 9.96. The summed E-state index contributed by atoms with van der Waals surface area (Å²) in [6.45, 7) is 5.77. The maximum absolute atomic E-state index is 13.8. The zero-order chi connectivity index (χ0) is 26.7. The minimum atomic E-state index is -4.80. The number of aryl methyl sites for hydroxylation is 1. The van der Waals surface area contributed by atoms with Crippen molar-refractivity contribution in [1.29, 1.82) is 0 Å². The molecule has 1 aromatic heterocycles. The molecule has 1 atom stereocenters. The van der Waals surface area contributed by atoms with Crippen LogP contribution in [0.1, 0.15) is 66.2 Å². The summed E-state index contributed by atoms with van der Waals surface area (Å²) >= 11 is 0. The van der Waals surface area contributed by atoms with Crippen molar-refractivity contribution < 1.29 is 31.1 Å². The number of benzene rings is 2. The lowest BCUT2D eigenvalue weighted by molar-refractivity contribution is -0.139. The van der Waals surface area contributed by atoms with Gasteiger partial charge in [0.15, 0.2) is 0 Å². The summed E-state index contributed by atoms with van der Waals surface area (Å²) < 4.78 is 80.4. The summed E-state index contributed by atoms with van der Waals surface area (Å²) in [7, 11) is 0. The highest BCUT2D eigenvalue weighted by Gasteiger charge is 2.37. The highest BCUT2D eigenvalue weighted by atomic mass is 19.4. The fourth-order valence-electron chi connectivity index (χ4n) is 3.89. The van der Waals surface area contributed by atoms with E-state index < -0.39 is 41.2 Å². The molecular weight excluding hydrogens is 484 g/mol. The minimum Gasteiger partial charge on any atom is -0.325 e. The number of aromatic nitrogens is 1. The largest absolute Gasteiger partial charge is 0.418 e. The van der Waals surface area contributed by atoms with E-state index in [0.29, 0.717) is 12.1 Å². The van der Waals surface area contributed by atoms with Crippen molar-refractivity contribution in [2.75, 3.05) is 5.32 Å². The van der Waals surface area contributed by atoms with Gasteiger partial charge in [-0.3, -0.25) is 4.98 Å². The van der Waals surface area contributed by atoms with Crippen molar-refractivity contribution >= 4 is 11.7 Å². The Morgan fingerprint density at radius 3 is 2.14 bits per heavy atom. The fraction of sp³-hybridized carbons (Fsp3) is 0.308. The summed E-state index contributed by atoms with van der Waals surface area (Å²) in [5.41, 5.74) is -0.392. The standard InChI is InChI=1S/C26H25F6N3O/c1-4-16-7-5-8-19(15(2)3)21(16)34-24(36)35-22(17-10-12-18(13-11-17)25(27,28)29)23-20(26(30,31)32)9-6-14-33-23/h5-15,22H,4H2,1-3H3,(H2,34,35,36)/t22-/m0/s1. The first-order valence-corrected chi connectivity index (χ1v) is 11.2. The molecule has 3 aromatic rings. The number of hydrogen-bond donors (Lipinski definition) is 2. The summed E-state index contributed by atoms with van der Waals surface area (Å²) in [5, 5.41) is 5.23. The highest BCUT2D eigenvalue weighted by Crippen LogP contribution is 2.37. The molecule has 2 amide bonds. The van der Waals surface area contributed by atoms with Crippen LogP contribution in [-0.2, 0) is 18.8 Å². The molecule has 0 aliphatic rings. The van der Waals surface area contributed by atoms with E-state index in [-0.39, 0.29) is 11.5 Å². The van der Waals surface area contributed by atoms with E-state index in [9.17, 15) is 31.1 Å². The Kier molecular flexibility index (Phi) is 7.96. The minimum absolute atomic E-state index is 0.00945. The van der Waals surface area contributed by atoms with E-state index >= 15 is 0 Å². The van der Waals surface area contributed by atoms with E-state index in [1.165, 1.54) is 0 Å². The van der Waals surface area contributed by atoms with Gasteiger partial charge in [0.25, 0.3) is 0 Å². The van der Waals surface area contributed by atoms with Gasteiger partial charge in [0.2, 0.25) is 0 Å². The lowest BCUT2D eigenvalue weighted by Crippen LogP contribution is -2.35. The molecule has 0 unspecified atom stereocenters. The van der Waals surface area contributed by atoms with Crippen LogP contribution in [0.25, 0.3) is 0 Å². The number of urea groups is 1. The van der Waals surface area contributed by atoms with Crippen molar-refractivity contribution in [3.63, 3.8) is 0 Å². The second-order valence-corrected chi connectivity index (χ2v) is 8.47. The Morgan fingerprint density at radius 2 is 1.58 bits per heavy atom. The molecule has 3 rings (SSSR count). The predicted molar refractivity (Wildman–Crippen MR) is 125 cm³/mol. The van der Waals surface area contributed by atoms with Gasteiger partial charge in [-0.1, -0.05) is 51.1 Å². The normalized spacial score (nSPS) is 12.9. The van der Waals surface area contributed by atoms with Gasteiger partial charge in [0.05, 0.1) is 22.9 Å². The van der Waals surface area contributed by atoms with E-state index in [0.717, 1.165) is 53.7 Å². The van der Waals surface area contributed by atoms with Gasteiger partial charge in [-0.2, -0.15) is 26.3 Å². The first-order chi connectivity index (χ1) is 16.8. The number of carbonyl (C=O) groups excluding carboxylic acids is 1. The van der Waals surface area contributed by atoms with Gasteiger partial charge < -0.3 is 10.6 Å². The average Bonchev–Trinajstić information content (AvgIpc) is 2.81. The van der Waals surface area contributed by atoms with E-state index in [2.05, 4.69) is 15.6 Å². The number of amides is 2. The number of para-hydroxylation sites is 1. The highest BCUT2D eigenvalue weighted by molar-refractivity contribution is 5.91. The first kappa shape index (κ1) is 27.0. The fourth-order valence-corrected chi connectivity index (χ4v) is 3.89. The summed E-state index contributed by atoms with van der Waals surface area (Å²) in [4.78, 5) is 16.9. The van der Waals surface area contributed by atoms with Crippen LogP contribution in [-0.4, -0.2) is 11.0 Å². The average molecular weight is 509 g/mol. The first-order valence-electron chi connectivity index (χ1n) is 11.2. The molecule has 36 heavy (non-hydrogen) atoms. The number of nitrogens with one attached hydrogen (secondary N) is 2.